The fourth-order valence-electron chi connectivity index (χ4n) is 1.66. The molecule has 0 saturated carbocycles. The van der Waals surface area contributed by atoms with E-state index in [1.807, 2.05) is 0 Å². The normalized spacial score (nSPS) is 8.80. The molecule has 5 heteroatoms. The van der Waals surface area contributed by atoms with Gasteiger partial charge in [-0.15, -0.1) is 0 Å². The fourth-order valence-corrected chi connectivity index (χ4v) is 1.66. The van der Waals surface area contributed by atoms with Crippen LogP contribution in [0.3, 0.4) is 0 Å². The second-order valence-electron chi connectivity index (χ2n) is 3.64. The van der Waals surface area contributed by atoms with Crippen LogP contribution < -0.4 is 4.74 Å². The summed E-state index contributed by atoms with van der Waals surface area (Å²) < 4.78 is 9.78. The lowest BCUT2D eigenvalue weighted by atomic mass is 9.94. The number of esters is 1. The van der Waals surface area contributed by atoms with Gasteiger partial charge in [0.05, 0.1) is 19.8 Å². The number of carbonyl (C=O) groups excluding carboxylic acids is 1. The molecule has 1 rings (SSSR count). The topological polar surface area (TPSA) is 83.1 Å². The fraction of sp³-hybridized carbons (Fsp3) is 0.133. The Morgan fingerprint density at radius 3 is 2.30 bits per heavy atom. The minimum atomic E-state index is -0.714. The van der Waals surface area contributed by atoms with E-state index in [1.165, 1.54) is 14.2 Å². The van der Waals surface area contributed by atoms with Crippen molar-refractivity contribution in [2.45, 2.75) is 0 Å². The van der Waals surface area contributed by atoms with Crippen LogP contribution in [0.1, 0.15) is 5.56 Å². The van der Waals surface area contributed by atoms with Crippen molar-refractivity contribution in [3.05, 3.63) is 47.6 Å². The summed E-state index contributed by atoms with van der Waals surface area (Å²) in [4.78, 5) is 11.6. The molecule has 20 heavy (non-hydrogen) atoms. The largest absolute Gasteiger partial charge is 0.496 e. The van der Waals surface area contributed by atoms with E-state index in [2.05, 4.69) is 11.3 Å². The molecule has 0 N–H and O–H groups in total. The van der Waals surface area contributed by atoms with Crippen LogP contribution in [0.2, 0.25) is 0 Å². The van der Waals surface area contributed by atoms with Crippen LogP contribution >= 0.6 is 0 Å². The van der Waals surface area contributed by atoms with Gasteiger partial charge in [0.15, 0.2) is 0 Å². The zero-order chi connectivity index (χ0) is 15.1. The first-order valence-electron chi connectivity index (χ1n) is 5.56. The maximum Gasteiger partial charge on any atom is 0.337 e. The van der Waals surface area contributed by atoms with E-state index < -0.39 is 5.97 Å². The van der Waals surface area contributed by atoms with Gasteiger partial charge >= 0.3 is 5.97 Å². The predicted octanol–water partition coefficient (Wildman–Crippen LogP) is 2.23. The van der Waals surface area contributed by atoms with Crippen LogP contribution in [-0.4, -0.2) is 20.2 Å². The minimum Gasteiger partial charge on any atom is -0.496 e. The summed E-state index contributed by atoms with van der Waals surface area (Å²) in [6.07, 6.45) is 0. The van der Waals surface area contributed by atoms with E-state index in [-0.39, 0.29) is 16.7 Å². The number of benzene rings is 1. The van der Waals surface area contributed by atoms with Crippen molar-refractivity contribution in [1.29, 1.82) is 10.5 Å². The van der Waals surface area contributed by atoms with Crippen molar-refractivity contribution in [3.63, 3.8) is 0 Å². The molecular weight excluding hydrogens is 256 g/mol. The van der Waals surface area contributed by atoms with E-state index in [9.17, 15) is 4.79 Å². The van der Waals surface area contributed by atoms with Crippen molar-refractivity contribution in [1.82, 2.24) is 0 Å². The summed E-state index contributed by atoms with van der Waals surface area (Å²) in [5.74, 6) is -0.288. The SMILES string of the molecule is C=C(C(=O)OC)C(=C(C#N)C#N)c1ccccc1OC. The highest BCUT2D eigenvalue weighted by atomic mass is 16.5. The lowest BCUT2D eigenvalue weighted by Gasteiger charge is -2.13. The van der Waals surface area contributed by atoms with E-state index in [4.69, 9.17) is 15.3 Å². The third-order valence-corrected chi connectivity index (χ3v) is 2.58. The number of para-hydroxylation sites is 1. The minimum absolute atomic E-state index is 0.0740. The zero-order valence-corrected chi connectivity index (χ0v) is 11.1. The molecule has 0 fully saturated rings. The lowest BCUT2D eigenvalue weighted by Crippen LogP contribution is -2.08. The molecule has 1 aromatic rings. The summed E-state index contributed by atoms with van der Waals surface area (Å²) in [6.45, 7) is 3.60. The van der Waals surface area contributed by atoms with Crippen LogP contribution in [0.4, 0.5) is 0 Å². The summed E-state index contributed by atoms with van der Waals surface area (Å²) in [5, 5.41) is 18.1. The van der Waals surface area contributed by atoms with Crippen molar-refractivity contribution < 1.29 is 14.3 Å². The summed E-state index contributed by atoms with van der Waals surface area (Å²) in [6, 6.07) is 10.2. The molecule has 0 aliphatic heterocycles. The first-order valence-corrected chi connectivity index (χ1v) is 5.56. The Morgan fingerprint density at radius 1 is 1.20 bits per heavy atom. The van der Waals surface area contributed by atoms with Crippen LogP contribution in [0.25, 0.3) is 5.57 Å². The maximum absolute atomic E-state index is 11.6. The van der Waals surface area contributed by atoms with Gasteiger partial charge in [-0.05, 0) is 6.07 Å². The van der Waals surface area contributed by atoms with Gasteiger partial charge in [0.25, 0.3) is 0 Å². The van der Waals surface area contributed by atoms with Gasteiger partial charge in [0.2, 0.25) is 0 Å². The number of allylic oxidation sites excluding steroid dienone is 1. The molecule has 0 heterocycles. The van der Waals surface area contributed by atoms with Crippen LogP contribution in [0.15, 0.2) is 42.0 Å². The Morgan fingerprint density at radius 2 is 1.80 bits per heavy atom. The molecule has 0 atom stereocenters. The standard InChI is InChI=1S/C15H12N2O3/c1-10(15(18)20-3)14(11(8-16)9-17)12-6-4-5-7-13(12)19-2/h4-7H,1H2,2-3H3. The summed E-state index contributed by atoms with van der Waals surface area (Å²) >= 11 is 0. The molecule has 0 aliphatic rings. The van der Waals surface area contributed by atoms with Gasteiger partial charge < -0.3 is 9.47 Å². The Balaban J connectivity index is 3.61. The molecule has 100 valence electrons. The highest BCUT2D eigenvalue weighted by Gasteiger charge is 2.21. The second-order valence-corrected chi connectivity index (χ2v) is 3.64. The number of ether oxygens (including phenoxy) is 2. The molecule has 5 nitrogen and oxygen atoms in total. The van der Waals surface area contributed by atoms with Crippen molar-refractivity contribution in [3.8, 4) is 17.9 Å². The molecule has 0 spiro atoms. The highest BCUT2D eigenvalue weighted by Crippen LogP contribution is 2.33. The predicted molar refractivity (Wildman–Crippen MR) is 72.3 cm³/mol. The van der Waals surface area contributed by atoms with Gasteiger partial charge in [0.1, 0.15) is 23.5 Å². The Hall–Kier alpha value is -3.05. The average Bonchev–Trinajstić information content (AvgIpc) is 2.51. The van der Waals surface area contributed by atoms with Crippen LogP contribution in [-0.2, 0) is 9.53 Å². The van der Waals surface area contributed by atoms with Crippen molar-refractivity contribution in [2.75, 3.05) is 14.2 Å². The Labute approximate surface area is 117 Å². The third-order valence-electron chi connectivity index (χ3n) is 2.58. The summed E-state index contributed by atoms with van der Waals surface area (Å²) in [5.41, 5.74) is 0.239. The first kappa shape index (κ1) is 15.0. The van der Waals surface area contributed by atoms with Gasteiger partial charge in [-0.2, -0.15) is 10.5 Å². The smallest absolute Gasteiger partial charge is 0.337 e. The van der Waals surface area contributed by atoms with Crippen molar-refractivity contribution >= 4 is 11.5 Å². The van der Waals surface area contributed by atoms with E-state index in [1.54, 1.807) is 36.4 Å². The van der Waals surface area contributed by atoms with E-state index >= 15 is 0 Å². The zero-order valence-electron chi connectivity index (χ0n) is 11.1. The molecule has 0 aliphatic carbocycles. The molecular formula is C15H12N2O3. The Bertz CT molecular complexity index is 644. The number of rotatable bonds is 4. The molecule has 0 unspecified atom stereocenters. The second kappa shape index (κ2) is 6.77. The molecule has 0 bridgehead atoms. The van der Waals surface area contributed by atoms with Crippen LogP contribution in [0.5, 0.6) is 5.75 Å². The molecule has 0 amide bonds. The lowest BCUT2D eigenvalue weighted by molar-refractivity contribution is -0.135. The maximum atomic E-state index is 11.6. The van der Waals surface area contributed by atoms with Gasteiger partial charge in [-0.1, -0.05) is 24.8 Å². The van der Waals surface area contributed by atoms with Gasteiger partial charge in [-0.25, -0.2) is 4.79 Å². The third kappa shape index (κ3) is 2.85. The van der Waals surface area contributed by atoms with Crippen molar-refractivity contribution in [2.24, 2.45) is 0 Å². The number of carbonyl (C=O) groups is 1. The average molecular weight is 268 g/mol. The molecule has 1 aromatic carbocycles. The highest BCUT2D eigenvalue weighted by molar-refractivity contribution is 6.08. The number of nitrogens with zero attached hydrogens (tertiary/aromatic N) is 2. The Kier molecular flexibility index (Phi) is 5.08. The van der Waals surface area contributed by atoms with Gasteiger partial charge in [-0.3, -0.25) is 0 Å². The summed E-state index contributed by atoms with van der Waals surface area (Å²) in [7, 11) is 2.65. The number of hydrogen-bond acceptors (Lipinski definition) is 5. The monoisotopic (exact) mass is 268 g/mol. The van der Waals surface area contributed by atoms with E-state index in [0.29, 0.717) is 11.3 Å². The number of methoxy groups -OCH3 is 2. The quantitative estimate of drug-likeness (QED) is 0.362. The van der Waals surface area contributed by atoms with Gasteiger partial charge in [0, 0.05) is 11.1 Å². The molecule has 0 saturated heterocycles. The first-order chi connectivity index (χ1) is 9.60. The number of hydrogen-bond donors (Lipinski definition) is 0. The molecule has 0 radical (unpaired) electrons. The molecule has 0 aromatic heterocycles. The van der Waals surface area contributed by atoms with E-state index in [0.717, 1.165) is 0 Å². The number of nitriles is 2. The van der Waals surface area contributed by atoms with Crippen LogP contribution in [0, 0.1) is 22.7 Å².